The van der Waals surface area contributed by atoms with Gasteiger partial charge in [-0.15, -0.1) is 0 Å². The average molecular weight is 305 g/mol. The topological polar surface area (TPSA) is 26.0 Å². The normalized spacial score (nSPS) is 21.3. The van der Waals surface area contributed by atoms with E-state index in [0.29, 0.717) is 0 Å². The van der Waals surface area contributed by atoms with Crippen molar-refractivity contribution in [2.45, 2.75) is 25.3 Å². The van der Waals surface area contributed by atoms with E-state index in [0.717, 1.165) is 21.8 Å². The highest BCUT2D eigenvalue weighted by Gasteiger charge is 2.19. The van der Waals surface area contributed by atoms with Crippen molar-refractivity contribution in [2.75, 3.05) is 0 Å². The number of benzene rings is 1. The first-order valence-electron chi connectivity index (χ1n) is 4.42. The predicted molar refractivity (Wildman–Crippen MR) is 61.7 cm³/mol. The maximum Gasteiger partial charge on any atom is 0.0308 e. The summed E-state index contributed by atoms with van der Waals surface area (Å²) in [5.74, 6) is 0. The van der Waals surface area contributed by atoms with Crippen molar-refractivity contribution in [2.24, 2.45) is 5.73 Å². The van der Waals surface area contributed by atoms with Crippen molar-refractivity contribution in [3.05, 3.63) is 32.2 Å². The Balaban J connectivity index is 2.56. The molecule has 1 atom stereocenters. The van der Waals surface area contributed by atoms with E-state index in [-0.39, 0.29) is 6.04 Å². The zero-order valence-electron chi connectivity index (χ0n) is 7.19. The largest absolute Gasteiger partial charge is 0.324 e. The minimum atomic E-state index is 0.214. The second kappa shape index (κ2) is 3.71. The van der Waals surface area contributed by atoms with Crippen LogP contribution in [0.4, 0.5) is 0 Å². The highest BCUT2D eigenvalue weighted by molar-refractivity contribution is 9.11. The summed E-state index contributed by atoms with van der Waals surface area (Å²) in [7, 11) is 0. The van der Waals surface area contributed by atoms with Crippen molar-refractivity contribution in [3.8, 4) is 0 Å². The first-order chi connectivity index (χ1) is 6.18. The highest BCUT2D eigenvalue weighted by Crippen LogP contribution is 2.35. The number of nitrogens with two attached hydrogens (primary N) is 1. The number of rotatable bonds is 0. The molecule has 1 aromatic carbocycles. The third-order valence-electron chi connectivity index (χ3n) is 2.51. The van der Waals surface area contributed by atoms with Gasteiger partial charge in [-0.05, 0) is 42.5 Å². The molecule has 1 aliphatic carbocycles. The fraction of sp³-hybridized carbons (Fsp3) is 0.400. The molecule has 1 aromatic rings. The third-order valence-corrected chi connectivity index (χ3v) is 3.63. The van der Waals surface area contributed by atoms with Gasteiger partial charge in [0.1, 0.15) is 0 Å². The van der Waals surface area contributed by atoms with Crippen molar-refractivity contribution in [3.63, 3.8) is 0 Å². The van der Waals surface area contributed by atoms with Crippen LogP contribution in [0.15, 0.2) is 21.1 Å². The van der Waals surface area contributed by atoms with E-state index in [2.05, 4.69) is 44.0 Å². The fourth-order valence-electron chi connectivity index (χ4n) is 1.92. The molecular formula is C10H11Br2N. The smallest absolute Gasteiger partial charge is 0.0308 e. The van der Waals surface area contributed by atoms with E-state index in [4.69, 9.17) is 5.73 Å². The third kappa shape index (κ3) is 1.83. The SMILES string of the molecule is NC1CCCc2cc(Br)cc(Br)c21. The number of hydrogen-bond donors (Lipinski definition) is 1. The van der Waals surface area contributed by atoms with Crippen LogP contribution in [0, 0.1) is 0 Å². The van der Waals surface area contributed by atoms with E-state index in [1.165, 1.54) is 17.5 Å². The minimum Gasteiger partial charge on any atom is -0.324 e. The molecule has 0 amide bonds. The van der Waals surface area contributed by atoms with E-state index < -0.39 is 0 Å². The summed E-state index contributed by atoms with van der Waals surface area (Å²) in [4.78, 5) is 0. The lowest BCUT2D eigenvalue weighted by Gasteiger charge is -2.23. The quantitative estimate of drug-likeness (QED) is 0.779. The van der Waals surface area contributed by atoms with Crippen LogP contribution < -0.4 is 5.73 Å². The Kier molecular flexibility index (Phi) is 2.77. The van der Waals surface area contributed by atoms with Gasteiger partial charge in [0.15, 0.2) is 0 Å². The van der Waals surface area contributed by atoms with Crippen molar-refractivity contribution >= 4 is 31.9 Å². The molecule has 3 heteroatoms. The zero-order valence-corrected chi connectivity index (χ0v) is 10.4. The molecule has 0 fully saturated rings. The number of fused-ring (bicyclic) bond motifs is 1. The molecule has 0 aliphatic heterocycles. The van der Waals surface area contributed by atoms with E-state index >= 15 is 0 Å². The van der Waals surface area contributed by atoms with Gasteiger partial charge >= 0.3 is 0 Å². The van der Waals surface area contributed by atoms with Gasteiger partial charge in [-0.3, -0.25) is 0 Å². The standard InChI is InChI=1S/C10H11Br2N/c11-7-4-6-2-1-3-9(13)10(6)8(12)5-7/h4-5,9H,1-3,13H2. The monoisotopic (exact) mass is 303 g/mol. The van der Waals surface area contributed by atoms with Crippen LogP contribution in [0.25, 0.3) is 0 Å². The van der Waals surface area contributed by atoms with Gasteiger partial charge in [0.2, 0.25) is 0 Å². The molecule has 0 aromatic heterocycles. The lowest BCUT2D eigenvalue weighted by molar-refractivity contribution is 0.568. The Bertz CT molecular complexity index is 336. The summed E-state index contributed by atoms with van der Waals surface area (Å²) >= 11 is 7.05. The molecule has 1 unspecified atom stereocenters. The first kappa shape index (κ1) is 9.69. The average Bonchev–Trinajstić information content (AvgIpc) is 2.02. The van der Waals surface area contributed by atoms with Crippen LogP contribution in [0.5, 0.6) is 0 Å². The summed E-state index contributed by atoms with van der Waals surface area (Å²) < 4.78 is 2.27. The molecule has 2 N–H and O–H groups in total. The van der Waals surface area contributed by atoms with Gasteiger partial charge in [-0.2, -0.15) is 0 Å². The fourth-order valence-corrected chi connectivity index (χ4v) is 3.52. The number of aryl methyl sites for hydroxylation is 1. The van der Waals surface area contributed by atoms with E-state index in [1.54, 1.807) is 0 Å². The lowest BCUT2D eigenvalue weighted by Crippen LogP contribution is -2.17. The van der Waals surface area contributed by atoms with Crippen LogP contribution >= 0.6 is 31.9 Å². The summed E-state index contributed by atoms with van der Waals surface area (Å²) in [6.07, 6.45) is 3.46. The highest BCUT2D eigenvalue weighted by atomic mass is 79.9. The number of halogens is 2. The molecule has 1 nitrogen and oxygen atoms in total. The summed E-state index contributed by atoms with van der Waals surface area (Å²) in [6.45, 7) is 0. The molecule has 0 radical (unpaired) electrons. The molecule has 0 bridgehead atoms. The maximum absolute atomic E-state index is 6.05. The van der Waals surface area contributed by atoms with Gasteiger partial charge in [-0.1, -0.05) is 31.9 Å². The second-order valence-corrected chi connectivity index (χ2v) is 5.23. The van der Waals surface area contributed by atoms with Crippen LogP contribution in [0.3, 0.4) is 0 Å². The summed E-state index contributed by atoms with van der Waals surface area (Å²) in [5.41, 5.74) is 8.74. The second-order valence-electron chi connectivity index (χ2n) is 3.46. The first-order valence-corrected chi connectivity index (χ1v) is 6.00. The Morgan fingerprint density at radius 1 is 1.31 bits per heavy atom. The van der Waals surface area contributed by atoms with Crippen molar-refractivity contribution in [1.29, 1.82) is 0 Å². The van der Waals surface area contributed by atoms with Crippen molar-refractivity contribution in [1.82, 2.24) is 0 Å². The molecule has 13 heavy (non-hydrogen) atoms. The van der Waals surface area contributed by atoms with Gasteiger partial charge in [0.25, 0.3) is 0 Å². The van der Waals surface area contributed by atoms with Gasteiger partial charge in [0, 0.05) is 15.0 Å². The summed E-state index contributed by atoms with van der Waals surface area (Å²) in [5, 5.41) is 0. The van der Waals surface area contributed by atoms with E-state index in [9.17, 15) is 0 Å². The van der Waals surface area contributed by atoms with E-state index in [1.807, 2.05) is 0 Å². The molecule has 70 valence electrons. The molecule has 1 aliphatic rings. The van der Waals surface area contributed by atoms with Gasteiger partial charge in [0.05, 0.1) is 0 Å². The molecule has 0 heterocycles. The Labute approximate surface area is 95.0 Å². The van der Waals surface area contributed by atoms with Crippen LogP contribution in [0.1, 0.15) is 30.0 Å². The maximum atomic E-state index is 6.05. The minimum absolute atomic E-state index is 0.214. The Morgan fingerprint density at radius 2 is 2.08 bits per heavy atom. The molecule has 2 rings (SSSR count). The van der Waals surface area contributed by atoms with Crippen LogP contribution in [-0.4, -0.2) is 0 Å². The van der Waals surface area contributed by atoms with Crippen LogP contribution in [0.2, 0.25) is 0 Å². The molecular weight excluding hydrogens is 294 g/mol. The molecule has 0 saturated heterocycles. The Hall–Kier alpha value is 0.140. The number of hydrogen-bond acceptors (Lipinski definition) is 1. The van der Waals surface area contributed by atoms with Crippen molar-refractivity contribution < 1.29 is 0 Å². The summed E-state index contributed by atoms with van der Waals surface area (Å²) in [6, 6.07) is 4.47. The van der Waals surface area contributed by atoms with Gasteiger partial charge < -0.3 is 5.73 Å². The van der Waals surface area contributed by atoms with Gasteiger partial charge in [-0.25, -0.2) is 0 Å². The Morgan fingerprint density at radius 3 is 2.85 bits per heavy atom. The molecule has 0 saturated carbocycles. The molecule has 0 spiro atoms. The zero-order chi connectivity index (χ0) is 9.42. The predicted octanol–water partition coefficient (Wildman–Crippen LogP) is 3.55. The lowest BCUT2D eigenvalue weighted by atomic mass is 9.88. The van der Waals surface area contributed by atoms with Crippen LogP contribution in [-0.2, 0) is 6.42 Å².